The van der Waals surface area contributed by atoms with E-state index in [1.807, 2.05) is 24.3 Å². The molecule has 2 rings (SSSR count). The van der Waals surface area contributed by atoms with Crippen LogP contribution in [-0.4, -0.2) is 17.8 Å². The largest absolute Gasteiger partial charge is 0.491 e. The van der Waals surface area contributed by atoms with Crippen LogP contribution >= 0.6 is 28.1 Å². The van der Waals surface area contributed by atoms with Gasteiger partial charge in [-0.1, -0.05) is 42.5 Å². The highest BCUT2D eigenvalue weighted by Crippen LogP contribution is 2.34. The van der Waals surface area contributed by atoms with Gasteiger partial charge in [-0.25, -0.2) is 0 Å². The molecule has 7 heteroatoms. The lowest BCUT2D eigenvalue weighted by molar-refractivity contribution is -0.161. The van der Waals surface area contributed by atoms with Gasteiger partial charge in [0.15, 0.2) is 0 Å². The highest BCUT2D eigenvalue weighted by molar-refractivity contribution is 9.10. The second kappa shape index (κ2) is 6.19. The predicted molar refractivity (Wildman–Crippen MR) is 83.5 cm³/mol. The van der Waals surface area contributed by atoms with E-state index in [2.05, 4.69) is 28.1 Å². The van der Waals surface area contributed by atoms with Crippen LogP contribution in [-0.2, 0) is 0 Å². The summed E-state index contributed by atoms with van der Waals surface area (Å²) in [6.07, 6.45) is -4.52. The van der Waals surface area contributed by atoms with Crippen LogP contribution in [0.3, 0.4) is 0 Å². The zero-order chi connectivity index (χ0) is 15.6. The van der Waals surface area contributed by atoms with Crippen molar-refractivity contribution in [2.24, 2.45) is 11.7 Å². The second-order valence-corrected chi connectivity index (χ2v) is 5.67. The van der Waals surface area contributed by atoms with Crippen molar-refractivity contribution in [2.45, 2.75) is 6.18 Å². The molecule has 0 fully saturated rings. The lowest BCUT2D eigenvalue weighted by Crippen LogP contribution is -2.38. The Hall–Kier alpha value is -1.34. The fourth-order valence-electron chi connectivity index (χ4n) is 1.84. The maximum Gasteiger partial charge on any atom is 0.401 e. The van der Waals surface area contributed by atoms with Crippen molar-refractivity contribution in [3.8, 4) is 5.75 Å². The van der Waals surface area contributed by atoms with E-state index in [1.165, 1.54) is 0 Å². The van der Waals surface area contributed by atoms with Gasteiger partial charge in [0.1, 0.15) is 18.3 Å². The third kappa shape index (κ3) is 3.65. The summed E-state index contributed by atoms with van der Waals surface area (Å²) < 4.78 is 44.2. The summed E-state index contributed by atoms with van der Waals surface area (Å²) in [5.74, 6) is -1.65. The van der Waals surface area contributed by atoms with Crippen LogP contribution in [0.25, 0.3) is 10.8 Å². The van der Waals surface area contributed by atoms with E-state index in [9.17, 15) is 13.2 Å². The van der Waals surface area contributed by atoms with Gasteiger partial charge >= 0.3 is 6.18 Å². The van der Waals surface area contributed by atoms with E-state index in [0.29, 0.717) is 10.2 Å². The molecule has 0 bridgehead atoms. The number of hydrogen-bond acceptors (Lipinski definition) is 2. The van der Waals surface area contributed by atoms with Crippen LogP contribution in [0.2, 0.25) is 0 Å². The third-order valence-corrected chi connectivity index (χ3v) is 4.07. The van der Waals surface area contributed by atoms with Gasteiger partial charge < -0.3 is 10.5 Å². The monoisotopic (exact) mass is 377 g/mol. The molecule has 0 saturated heterocycles. The van der Waals surface area contributed by atoms with Crippen LogP contribution in [0.5, 0.6) is 5.75 Å². The molecule has 0 aromatic heterocycles. The minimum Gasteiger partial charge on any atom is -0.491 e. The zero-order valence-electron chi connectivity index (χ0n) is 10.7. The third-order valence-electron chi connectivity index (χ3n) is 2.97. The molecule has 2 nitrogen and oxygen atoms in total. The van der Waals surface area contributed by atoms with Crippen molar-refractivity contribution in [3.63, 3.8) is 0 Å². The SMILES string of the molecule is NC(=S)C(COc1ccc2ccccc2c1Br)C(F)(F)F. The number of nitrogens with two attached hydrogens (primary N) is 1. The minimum atomic E-state index is -4.52. The Morgan fingerprint density at radius 2 is 1.90 bits per heavy atom. The smallest absolute Gasteiger partial charge is 0.401 e. The lowest BCUT2D eigenvalue weighted by Gasteiger charge is -2.20. The first-order valence-corrected chi connectivity index (χ1v) is 7.17. The molecule has 21 heavy (non-hydrogen) atoms. The standard InChI is InChI=1S/C14H11BrF3NOS/c15-12-9-4-2-1-3-8(9)5-6-11(12)20-7-10(13(19)21)14(16,17)18/h1-6,10H,7H2,(H2,19,21). The summed E-state index contributed by atoms with van der Waals surface area (Å²) in [7, 11) is 0. The minimum absolute atomic E-state index is 0.319. The van der Waals surface area contributed by atoms with Crippen LogP contribution in [0.15, 0.2) is 40.9 Å². The summed E-state index contributed by atoms with van der Waals surface area (Å²) in [6, 6.07) is 10.9. The Labute approximate surface area is 133 Å². The molecule has 1 atom stereocenters. The second-order valence-electron chi connectivity index (χ2n) is 4.41. The molecule has 2 aromatic rings. The van der Waals surface area contributed by atoms with E-state index in [1.54, 1.807) is 12.1 Å². The van der Waals surface area contributed by atoms with Gasteiger partial charge in [0, 0.05) is 0 Å². The van der Waals surface area contributed by atoms with Crippen LogP contribution in [0.1, 0.15) is 0 Å². The first-order valence-electron chi connectivity index (χ1n) is 5.97. The topological polar surface area (TPSA) is 35.2 Å². The first kappa shape index (κ1) is 16.0. The molecule has 0 aliphatic carbocycles. The molecule has 0 heterocycles. The van der Waals surface area contributed by atoms with Gasteiger partial charge in [0.05, 0.1) is 9.46 Å². The van der Waals surface area contributed by atoms with Gasteiger partial charge in [0.2, 0.25) is 0 Å². The number of rotatable bonds is 4. The van der Waals surface area contributed by atoms with Crippen LogP contribution in [0.4, 0.5) is 13.2 Å². The van der Waals surface area contributed by atoms with E-state index < -0.39 is 23.7 Å². The summed E-state index contributed by atoms with van der Waals surface area (Å²) >= 11 is 7.81. The molecule has 0 aliphatic rings. The predicted octanol–water partition coefficient (Wildman–Crippen LogP) is 4.45. The maximum absolute atomic E-state index is 12.8. The average Bonchev–Trinajstić information content (AvgIpc) is 2.40. The fraction of sp³-hybridized carbons (Fsp3) is 0.214. The highest BCUT2D eigenvalue weighted by atomic mass is 79.9. The van der Waals surface area contributed by atoms with Gasteiger partial charge in [0.25, 0.3) is 0 Å². The molecule has 0 saturated carbocycles. The van der Waals surface area contributed by atoms with Crippen molar-refractivity contribution in [2.75, 3.05) is 6.61 Å². The van der Waals surface area contributed by atoms with E-state index in [0.717, 1.165) is 10.8 Å². The number of fused-ring (bicyclic) bond motifs is 1. The maximum atomic E-state index is 12.8. The normalized spacial score (nSPS) is 13.1. The number of benzene rings is 2. The Morgan fingerprint density at radius 3 is 2.52 bits per heavy atom. The highest BCUT2D eigenvalue weighted by Gasteiger charge is 2.42. The molecule has 0 radical (unpaired) electrons. The van der Waals surface area contributed by atoms with E-state index in [4.69, 9.17) is 10.5 Å². The molecular weight excluding hydrogens is 367 g/mol. The van der Waals surface area contributed by atoms with Crippen molar-refractivity contribution in [1.29, 1.82) is 0 Å². The average molecular weight is 378 g/mol. The van der Waals surface area contributed by atoms with Crippen molar-refractivity contribution in [3.05, 3.63) is 40.9 Å². The Morgan fingerprint density at radius 1 is 1.24 bits per heavy atom. The fourth-order valence-corrected chi connectivity index (χ4v) is 2.65. The summed E-state index contributed by atoms with van der Waals surface area (Å²) in [5.41, 5.74) is 5.14. The Bertz CT molecular complexity index is 675. The lowest BCUT2D eigenvalue weighted by atomic mass is 10.1. The molecule has 0 spiro atoms. The number of ether oxygens (including phenoxy) is 1. The van der Waals surface area contributed by atoms with Crippen molar-refractivity contribution < 1.29 is 17.9 Å². The molecule has 0 amide bonds. The van der Waals surface area contributed by atoms with Crippen LogP contribution in [0, 0.1) is 5.92 Å². The van der Waals surface area contributed by atoms with Gasteiger partial charge in [-0.15, -0.1) is 0 Å². The van der Waals surface area contributed by atoms with Gasteiger partial charge in [-0.2, -0.15) is 13.2 Å². The van der Waals surface area contributed by atoms with Crippen molar-refractivity contribution in [1.82, 2.24) is 0 Å². The quantitative estimate of drug-likeness (QED) is 0.799. The zero-order valence-corrected chi connectivity index (χ0v) is 13.1. The number of alkyl halides is 3. The van der Waals surface area contributed by atoms with Crippen LogP contribution < -0.4 is 10.5 Å². The molecule has 0 aliphatic heterocycles. The van der Waals surface area contributed by atoms with E-state index in [-0.39, 0.29) is 0 Å². The first-order chi connectivity index (χ1) is 9.80. The van der Waals surface area contributed by atoms with Crippen molar-refractivity contribution >= 4 is 43.9 Å². The summed E-state index contributed by atoms with van der Waals surface area (Å²) in [4.78, 5) is -0.626. The molecule has 1 unspecified atom stereocenters. The molecular formula is C14H11BrF3NOS. The number of halogens is 4. The molecule has 2 aromatic carbocycles. The van der Waals surface area contributed by atoms with E-state index >= 15 is 0 Å². The Balaban J connectivity index is 2.24. The molecule has 2 N–H and O–H groups in total. The van der Waals surface area contributed by atoms with Gasteiger partial charge in [-0.3, -0.25) is 0 Å². The summed E-state index contributed by atoms with van der Waals surface area (Å²) in [5, 5.41) is 1.81. The Kier molecular flexibility index (Phi) is 4.73. The summed E-state index contributed by atoms with van der Waals surface area (Å²) in [6.45, 7) is -0.643. The van der Waals surface area contributed by atoms with Gasteiger partial charge in [-0.05, 0) is 32.8 Å². The number of thiocarbonyl (C=S) groups is 1. The molecule has 112 valence electrons. The number of hydrogen-bond donors (Lipinski definition) is 1.